The van der Waals surface area contributed by atoms with E-state index in [9.17, 15) is 27.1 Å². The first-order valence-corrected chi connectivity index (χ1v) is 10.2. The Labute approximate surface area is 166 Å². The number of aliphatic hydroxyl groups is 1. The van der Waals surface area contributed by atoms with E-state index in [1.54, 1.807) is 0 Å². The summed E-state index contributed by atoms with van der Waals surface area (Å²) < 4.78 is 60.3. The molecule has 0 aromatic heterocycles. The summed E-state index contributed by atoms with van der Waals surface area (Å²) in [5.74, 6) is -2.41. The molecule has 0 atom stereocenters. The van der Waals surface area contributed by atoms with E-state index in [-0.39, 0.29) is 33.5 Å². The summed E-state index contributed by atoms with van der Waals surface area (Å²) in [6.45, 7) is 1.23. The highest BCUT2D eigenvalue weighted by Crippen LogP contribution is 2.27. The lowest BCUT2D eigenvalue weighted by Crippen LogP contribution is -2.46. The third-order valence-corrected chi connectivity index (χ3v) is 6.25. The minimum absolute atomic E-state index is 0.0831. The van der Waals surface area contributed by atoms with Gasteiger partial charge in [0.15, 0.2) is 5.82 Å². The van der Waals surface area contributed by atoms with Gasteiger partial charge >= 0.3 is 0 Å². The van der Waals surface area contributed by atoms with Crippen molar-refractivity contribution in [1.29, 1.82) is 0 Å². The summed E-state index contributed by atoms with van der Waals surface area (Å²) in [6, 6.07) is 5.40. The second kappa shape index (κ2) is 8.05. The Balaban J connectivity index is 1.89. The van der Waals surface area contributed by atoms with Gasteiger partial charge in [-0.1, -0.05) is 0 Å². The number of amides is 1. The Hall–Kier alpha value is -2.56. The molecular weight excluding hydrogens is 406 g/mol. The average molecular weight is 426 g/mol. The molecule has 10 heteroatoms. The highest BCUT2D eigenvalue weighted by molar-refractivity contribution is 7.89. The molecule has 2 aromatic carbocycles. The SMILES string of the molecule is COc1ccc(S(=O)(=O)N[C@H]2C[C@@H](O)C2)cc1C(=O)Nc1ccc(F)c(C)c1F. The number of sulfonamides is 1. The van der Waals surface area contributed by atoms with Crippen LogP contribution in [0.2, 0.25) is 0 Å². The van der Waals surface area contributed by atoms with Crippen LogP contribution in [-0.4, -0.2) is 38.7 Å². The molecular formula is C19H20F2N2O5S. The fourth-order valence-corrected chi connectivity index (χ4v) is 4.24. The van der Waals surface area contributed by atoms with Crippen molar-refractivity contribution in [2.24, 2.45) is 0 Å². The van der Waals surface area contributed by atoms with Crippen LogP contribution in [0.1, 0.15) is 28.8 Å². The maximum absolute atomic E-state index is 14.2. The van der Waals surface area contributed by atoms with E-state index in [2.05, 4.69) is 10.0 Å². The molecule has 1 aliphatic carbocycles. The topological polar surface area (TPSA) is 105 Å². The van der Waals surface area contributed by atoms with Crippen molar-refractivity contribution < 1.29 is 31.8 Å². The Morgan fingerprint density at radius 3 is 2.52 bits per heavy atom. The van der Waals surface area contributed by atoms with E-state index < -0.39 is 33.7 Å². The number of ether oxygens (including phenoxy) is 1. The molecule has 0 aliphatic heterocycles. The van der Waals surface area contributed by atoms with Gasteiger partial charge in [0.05, 0.1) is 29.4 Å². The third kappa shape index (κ3) is 4.39. The van der Waals surface area contributed by atoms with Gasteiger partial charge in [-0.3, -0.25) is 4.79 Å². The molecule has 3 N–H and O–H groups in total. The summed E-state index contributed by atoms with van der Waals surface area (Å²) >= 11 is 0. The Morgan fingerprint density at radius 2 is 1.90 bits per heavy atom. The van der Waals surface area contributed by atoms with Gasteiger partial charge in [0.1, 0.15) is 11.6 Å². The van der Waals surface area contributed by atoms with Gasteiger partial charge in [-0.15, -0.1) is 0 Å². The summed E-state index contributed by atoms with van der Waals surface area (Å²) in [5.41, 5.74) is -0.630. The number of hydrogen-bond acceptors (Lipinski definition) is 5. The molecule has 1 amide bonds. The van der Waals surface area contributed by atoms with Crippen molar-refractivity contribution in [3.63, 3.8) is 0 Å². The highest BCUT2D eigenvalue weighted by Gasteiger charge is 2.32. The predicted octanol–water partition coefficient (Wildman–Crippen LogP) is 2.34. The van der Waals surface area contributed by atoms with E-state index in [0.717, 1.165) is 18.2 Å². The van der Waals surface area contributed by atoms with Crippen LogP contribution < -0.4 is 14.8 Å². The lowest BCUT2D eigenvalue weighted by Gasteiger charge is -2.31. The van der Waals surface area contributed by atoms with Crippen molar-refractivity contribution >= 4 is 21.6 Å². The Bertz CT molecular complexity index is 1050. The molecule has 156 valence electrons. The number of rotatable bonds is 6. The van der Waals surface area contributed by atoms with Crippen molar-refractivity contribution in [2.75, 3.05) is 12.4 Å². The molecule has 29 heavy (non-hydrogen) atoms. The van der Waals surface area contributed by atoms with Crippen LogP contribution in [0.3, 0.4) is 0 Å². The summed E-state index contributed by atoms with van der Waals surface area (Å²) in [6.07, 6.45) is 0.0895. The molecule has 1 saturated carbocycles. The fraction of sp³-hybridized carbons (Fsp3) is 0.316. The third-order valence-electron chi connectivity index (χ3n) is 4.73. The van der Waals surface area contributed by atoms with E-state index in [4.69, 9.17) is 4.74 Å². The number of hydrogen-bond donors (Lipinski definition) is 3. The minimum atomic E-state index is -3.94. The van der Waals surface area contributed by atoms with Crippen LogP contribution in [-0.2, 0) is 10.0 Å². The van der Waals surface area contributed by atoms with Gasteiger partial charge in [-0.25, -0.2) is 21.9 Å². The van der Waals surface area contributed by atoms with Crippen LogP contribution in [0, 0.1) is 18.6 Å². The normalized spacial score (nSPS) is 18.8. The number of benzene rings is 2. The molecule has 0 radical (unpaired) electrons. The maximum atomic E-state index is 14.2. The number of aliphatic hydroxyl groups excluding tert-OH is 1. The molecule has 0 spiro atoms. The number of nitrogens with one attached hydrogen (secondary N) is 2. The number of anilines is 1. The molecule has 0 heterocycles. The van der Waals surface area contributed by atoms with Crippen LogP contribution in [0.4, 0.5) is 14.5 Å². The lowest BCUT2D eigenvalue weighted by molar-refractivity contribution is 0.0712. The number of methoxy groups -OCH3 is 1. The van der Waals surface area contributed by atoms with Crippen LogP contribution >= 0.6 is 0 Å². The largest absolute Gasteiger partial charge is 0.496 e. The summed E-state index contributed by atoms with van der Waals surface area (Å²) in [4.78, 5) is 12.5. The zero-order chi connectivity index (χ0) is 21.3. The van der Waals surface area contributed by atoms with E-state index in [1.165, 1.54) is 26.2 Å². The first kappa shape index (κ1) is 21.2. The molecule has 3 rings (SSSR count). The van der Waals surface area contributed by atoms with Crippen molar-refractivity contribution in [1.82, 2.24) is 4.72 Å². The summed E-state index contributed by atoms with van der Waals surface area (Å²) in [5, 5.41) is 11.6. The molecule has 0 saturated heterocycles. The van der Waals surface area contributed by atoms with Crippen molar-refractivity contribution in [3.05, 3.63) is 53.1 Å². The molecule has 7 nitrogen and oxygen atoms in total. The van der Waals surface area contributed by atoms with Crippen LogP contribution in [0.5, 0.6) is 5.75 Å². The van der Waals surface area contributed by atoms with E-state index >= 15 is 0 Å². The van der Waals surface area contributed by atoms with Gasteiger partial charge in [-0.05, 0) is 50.1 Å². The molecule has 0 bridgehead atoms. The van der Waals surface area contributed by atoms with Gasteiger partial charge in [0.25, 0.3) is 5.91 Å². The zero-order valence-electron chi connectivity index (χ0n) is 15.7. The standard InChI is InChI=1S/C19H20F2N2O5S/c1-10-15(20)4-5-16(18(10)21)22-19(25)14-9-13(3-6-17(14)28-2)29(26,27)23-11-7-12(24)8-11/h3-6,9,11-12,23-24H,7-8H2,1-2H3,(H,22,25)/t11-,12+. The quantitative estimate of drug-likeness (QED) is 0.658. The predicted molar refractivity (Wildman–Crippen MR) is 101 cm³/mol. The van der Waals surface area contributed by atoms with Crippen molar-refractivity contribution in [3.8, 4) is 5.75 Å². The second-order valence-electron chi connectivity index (χ2n) is 6.79. The Morgan fingerprint density at radius 1 is 1.21 bits per heavy atom. The smallest absolute Gasteiger partial charge is 0.259 e. The average Bonchev–Trinajstić information content (AvgIpc) is 2.66. The number of halogens is 2. The highest BCUT2D eigenvalue weighted by atomic mass is 32.2. The number of carbonyl (C=O) groups excluding carboxylic acids is 1. The fourth-order valence-electron chi connectivity index (χ4n) is 2.95. The van der Waals surface area contributed by atoms with Crippen LogP contribution in [0.15, 0.2) is 35.2 Å². The first-order chi connectivity index (χ1) is 13.6. The van der Waals surface area contributed by atoms with Gasteiger partial charge in [0, 0.05) is 11.6 Å². The zero-order valence-corrected chi connectivity index (χ0v) is 16.5. The maximum Gasteiger partial charge on any atom is 0.259 e. The first-order valence-electron chi connectivity index (χ1n) is 8.76. The minimum Gasteiger partial charge on any atom is -0.496 e. The van der Waals surface area contributed by atoms with E-state index in [1.807, 2.05) is 0 Å². The van der Waals surface area contributed by atoms with Gasteiger partial charge < -0.3 is 15.2 Å². The van der Waals surface area contributed by atoms with Gasteiger partial charge in [-0.2, -0.15) is 0 Å². The second-order valence-corrected chi connectivity index (χ2v) is 8.51. The number of carbonyl (C=O) groups is 1. The lowest BCUT2D eigenvalue weighted by atomic mass is 9.91. The molecule has 1 fully saturated rings. The molecule has 0 unspecified atom stereocenters. The Kier molecular flexibility index (Phi) is 5.87. The molecule has 2 aromatic rings. The van der Waals surface area contributed by atoms with Crippen LogP contribution in [0.25, 0.3) is 0 Å². The van der Waals surface area contributed by atoms with Gasteiger partial charge in [0.2, 0.25) is 10.0 Å². The van der Waals surface area contributed by atoms with Crippen molar-refractivity contribution in [2.45, 2.75) is 36.8 Å². The summed E-state index contributed by atoms with van der Waals surface area (Å²) in [7, 11) is -2.64. The molecule has 1 aliphatic rings. The monoisotopic (exact) mass is 426 g/mol. The van der Waals surface area contributed by atoms with E-state index in [0.29, 0.717) is 12.8 Å².